The molecule has 10 atom stereocenters. The molecule has 1 heterocycles. The minimum atomic E-state index is -4.27. The maximum Gasteiger partial charge on any atom is 0.304 e. The van der Waals surface area contributed by atoms with Gasteiger partial charge in [-0.2, -0.15) is 8.42 Å². The van der Waals surface area contributed by atoms with Crippen molar-refractivity contribution in [1.82, 2.24) is 5.32 Å². The van der Waals surface area contributed by atoms with Gasteiger partial charge in [-0.05, 0) is 103 Å². The number of Topliss-reactive ketones (excluding diaryl/α,β-unsaturated/α-hetero) is 1. The number of hydrogen-bond acceptors (Lipinski definition) is 6. The Kier molecular flexibility index (Phi) is 8.12. The predicted molar refractivity (Wildman–Crippen MR) is 155 cm³/mol. The van der Waals surface area contributed by atoms with Crippen molar-refractivity contribution in [1.29, 1.82) is 0 Å². The number of aliphatic hydroxyl groups excluding tert-OH is 1. The van der Waals surface area contributed by atoms with Gasteiger partial charge in [0.15, 0.2) is 0 Å². The van der Waals surface area contributed by atoms with E-state index in [0.717, 1.165) is 54.7 Å². The molecule has 7 nitrogen and oxygen atoms in total. The standard InChI is InChI=1S/C31H47NO6S2/c1-17(2)29(25-8-9-27(39-25)40(36,37)38)32-26(35)14-18(3)21-6-7-22-28-23(11-13-31(21,22)5)30(4)12-10-20(33)15-19(30)16-24(28)34/h8-9,17-19,21-24,28-29,34H,6-7,10-16H2,1-5H3,(H,32,35)(H,36,37,38)/t18-,19+,21-,22+,23+,24-,28+,29?,30+,31-/m1/s1. The van der Waals surface area contributed by atoms with Crippen LogP contribution < -0.4 is 5.32 Å². The molecule has 1 aromatic heterocycles. The third kappa shape index (κ3) is 5.22. The van der Waals surface area contributed by atoms with Crippen LogP contribution >= 0.6 is 11.3 Å². The van der Waals surface area contributed by atoms with Gasteiger partial charge in [0, 0.05) is 24.1 Å². The molecule has 1 amide bonds. The van der Waals surface area contributed by atoms with E-state index < -0.39 is 10.1 Å². The molecule has 0 bridgehead atoms. The molecular formula is C31H47NO6S2. The smallest absolute Gasteiger partial charge is 0.304 e. The van der Waals surface area contributed by atoms with Crippen LogP contribution in [0.5, 0.6) is 0 Å². The highest BCUT2D eigenvalue weighted by molar-refractivity contribution is 7.88. The van der Waals surface area contributed by atoms with E-state index in [2.05, 4.69) is 26.1 Å². The SMILES string of the molecule is CC(C)C(NC(=O)C[C@@H](C)[C@H]1CC[C@H]2[C@@H]3[C@H](O)C[C@@H]4CC(=O)CC[C@]4(C)[C@H]3CC[C@]12C)c1ccc(S(=O)(=O)O)s1. The lowest BCUT2D eigenvalue weighted by Crippen LogP contribution is -2.58. The van der Waals surface area contributed by atoms with Crippen LogP contribution in [0.1, 0.15) is 103 Å². The monoisotopic (exact) mass is 593 g/mol. The average Bonchev–Trinajstić information content (AvgIpc) is 3.48. The molecule has 40 heavy (non-hydrogen) atoms. The molecule has 0 saturated heterocycles. The van der Waals surface area contributed by atoms with Crippen molar-refractivity contribution in [2.45, 2.75) is 109 Å². The number of carbonyl (C=O) groups excluding carboxylic acids is 2. The Labute approximate surface area is 243 Å². The lowest BCUT2D eigenvalue weighted by Gasteiger charge is -2.61. The van der Waals surface area contributed by atoms with Crippen LogP contribution in [0.25, 0.3) is 0 Å². The number of thiophene rings is 1. The fourth-order valence-corrected chi connectivity index (χ4v) is 11.8. The lowest BCUT2D eigenvalue weighted by molar-refractivity contribution is -0.169. The largest absolute Gasteiger partial charge is 0.393 e. The van der Waals surface area contributed by atoms with E-state index in [0.29, 0.717) is 48.7 Å². The molecule has 224 valence electrons. The zero-order chi connectivity index (χ0) is 29.2. The van der Waals surface area contributed by atoms with Crippen LogP contribution in [-0.4, -0.2) is 35.9 Å². The molecule has 4 fully saturated rings. The van der Waals surface area contributed by atoms with Crippen LogP contribution in [0, 0.1) is 52.3 Å². The van der Waals surface area contributed by atoms with Crippen LogP contribution in [-0.2, 0) is 19.7 Å². The van der Waals surface area contributed by atoms with E-state index >= 15 is 0 Å². The average molecular weight is 594 g/mol. The summed E-state index contributed by atoms with van der Waals surface area (Å²) < 4.78 is 32.4. The summed E-state index contributed by atoms with van der Waals surface area (Å²) in [4.78, 5) is 26.3. The Morgan fingerprint density at radius 3 is 2.45 bits per heavy atom. The molecule has 0 aliphatic heterocycles. The summed E-state index contributed by atoms with van der Waals surface area (Å²) in [7, 11) is -4.27. The number of fused-ring (bicyclic) bond motifs is 5. The second kappa shape index (κ2) is 10.8. The summed E-state index contributed by atoms with van der Waals surface area (Å²) in [6.45, 7) is 11.0. The number of nitrogens with one attached hydrogen (secondary N) is 1. The van der Waals surface area contributed by atoms with Gasteiger partial charge in [0.1, 0.15) is 9.99 Å². The van der Waals surface area contributed by atoms with Gasteiger partial charge in [0.25, 0.3) is 0 Å². The van der Waals surface area contributed by atoms with Crippen LogP contribution in [0.3, 0.4) is 0 Å². The first kappa shape index (κ1) is 30.2. The van der Waals surface area contributed by atoms with Gasteiger partial charge in [-0.15, -0.1) is 11.3 Å². The van der Waals surface area contributed by atoms with E-state index in [9.17, 15) is 27.7 Å². The fraction of sp³-hybridized carbons (Fsp3) is 0.806. The second-order valence-corrected chi connectivity index (χ2v) is 17.1. The van der Waals surface area contributed by atoms with E-state index in [1.54, 1.807) is 6.07 Å². The van der Waals surface area contributed by atoms with Gasteiger partial charge >= 0.3 is 10.1 Å². The molecule has 9 heteroatoms. The Hall–Kier alpha value is -1.29. The zero-order valence-corrected chi connectivity index (χ0v) is 26.2. The Morgan fingerprint density at radius 2 is 1.80 bits per heavy atom. The number of carbonyl (C=O) groups is 2. The van der Waals surface area contributed by atoms with Gasteiger partial charge in [0.05, 0.1) is 12.1 Å². The molecule has 5 rings (SSSR count). The molecule has 1 unspecified atom stereocenters. The first-order valence-electron chi connectivity index (χ1n) is 15.2. The maximum absolute atomic E-state index is 13.3. The van der Waals surface area contributed by atoms with E-state index in [1.807, 2.05) is 13.8 Å². The van der Waals surface area contributed by atoms with Crippen molar-refractivity contribution in [2.75, 3.05) is 0 Å². The first-order valence-corrected chi connectivity index (χ1v) is 17.5. The fourth-order valence-electron chi connectivity index (χ4n) is 9.86. The van der Waals surface area contributed by atoms with Crippen molar-refractivity contribution in [3.8, 4) is 0 Å². The summed E-state index contributed by atoms with van der Waals surface area (Å²) >= 11 is 1.000. The Balaban J connectivity index is 1.27. The Morgan fingerprint density at radius 1 is 1.10 bits per heavy atom. The number of hydrogen-bond donors (Lipinski definition) is 3. The predicted octanol–water partition coefficient (Wildman–Crippen LogP) is 6.03. The van der Waals surface area contributed by atoms with Crippen molar-refractivity contribution in [3.05, 3.63) is 17.0 Å². The summed E-state index contributed by atoms with van der Waals surface area (Å²) in [6, 6.07) is 2.74. The zero-order valence-electron chi connectivity index (χ0n) is 24.6. The minimum absolute atomic E-state index is 0.0336. The molecule has 4 aliphatic carbocycles. The quantitative estimate of drug-likeness (QED) is 0.332. The number of rotatable bonds is 7. The van der Waals surface area contributed by atoms with Crippen LogP contribution in [0.4, 0.5) is 0 Å². The minimum Gasteiger partial charge on any atom is -0.393 e. The maximum atomic E-state index is 13.3. The number of ketones is 1. The normalized spacial score (nSPS) is 39.2. The molecule has 3 N–H and O–H groups in total. The highest BCUT2D eigenvalue weighted by atomic mass is 32.3. The Bertz CT molecular complexity index is 1240. The van der Waals surface area contributed by atoms with E-state index in [4.69, 9.17) is 0 Å². The highest BCUT2D eigenvalue weighted by Crippen LogP contribution is 2.68. The highest BCUT2D eigenvalue weighted by Gasteiger charge is 2.63. The first-order chi connectivity index (χ1) is 18.6. The van der Waals surface area contributed by atoms with Crippen molar-refractivity contribution < 1.29 is 27.7 Å². The third-order valence-electron chi connectivity index (χ3n) is 11.9. The van der Waals surface area contributed by atoms with Gasteiger partial charge in [0.2, 0.25) is 5.91 Å². The summed E-state index contributed by atoms with van der Waals surface area (Å²) in [5.74, 6) is 2.47. The van der Waals surface area contributed by atoms with Gasteiger partial charge < -0.3 is 10.4 Å². The lowest BCUT2D eigenvalue weighted by atomic mass is 9.44. The molecular weight excluding hydrogens is 546 g/mol. The van der Waals surface area contributed by atoms with Gasteiger partial charge in [-0.1, -0.05) is 34.6 Å². The van der Waals surface area contributed by atoms with Crippen LogP contribution in [0.2, 0.25) is 0 Å². The molecule has 4 aliphatic rings. The van der Waals surface area contributed by atoms with E-state index in [1.165, 1.54) is 6.07 Å². The second-order valence-electron chi connectivity index (χ2n) is 14.4. The third-order valence-corrected chi connectivity index (χ3v) is 14.4. The van der Waals surface area contributed by atoms with Crippen molar-refractivity contribution in [2.24, 2.45) is 52.3 Å². The molecule has 4 saturated carbocycles. The molecule has 1 aromatic rings. The summed E-state index contributed by atoms with van der Waals surface area (Å²) in [6.07, 6.45) is 7.45. The molecule has 0 aromatic carbocycles. The van der Waals surface area contributed by atoms with Crippen molar-refractivity contribution >= 4 is 33.1 Å². The summed E-state index contributed by atoms with van der Waals surface area (Å²) in [5, 5.41) is 14.6. The van der Waals surface area contributed by atoms with Gasteiger partial charge in [-0.25, -0.2) is 0 Å². The topological polar surface area (TPSA) is 121 Å². The van der Waals surface area contributed by atoms with Crippen molar-refractivity contribution in [3.63, 3.8) is 0 Å². The number of amides is 1. The molecule has 0 spiro atoms. The van der Waals surface area contributed by atoms with Gasteiger partial charge in [-0.3, -0.25) is 14.1 Å². The number of aliphatic hydroxyl groups is 1. The van der Waals surface area contributed by atoms with E-state index in [-0.39, 0.29) is 50.8 Å². The molecule has 0 radical (unpaired) electrons. The van der Waals surface area contributed by atoms with Crippen LogP contribution in [0.15, 0.2) is 16.3 Å². The summed E-state index contributed by atoms with van der Waals surface area (Å²) in [5.41, 5.74) is 0.233.